The van der Waals surface area contributed by atoms with Crippen molar-refractivity contribution >= 4 is 40.3 Å². The van der Waals surface area contributed by atoms with Crippen LogP contribution in [0.15, 0.2) is 65.1 Å². The summed E-state index contributed by atoms with van der Waals surface area (Å²) < 4.78 is 20.1. The van der Waals surface area contributed by atoms with Gasteiger partial charge in [0.2, 0.25) is 5.91 Å². The first-order valence-electron chi connectivity index (χ1n) is 17.4. The van der Waals surface area contributed by atoms with Gasteiger partial charge < -0.3 is 30.4 Å². The second-order valence-corrected chi connectivity index (χ2v) is 13.1. The molecule has 2 fully saturated rings. The van der Waals surface area contributed by atoms with E-state index in [0.29, 0.717) is 72.2 Å². The largest absolute Gasteiger partial charge is 0.481 e. The van der Waals surface area contributed by atoms with Crippen molar-refractivity contribution in [1.29, 1.82) is 0 Å². The Morgan fingerprint density at radius 3 is 2.18 bits per heavy atom. The Hall–Kier alpha value is -5.19. The summed E-state index contributed by atoms with van der Waals surface area (Å²) in [6.45, 7) is 5.49. The molecular weight excluding hydrogens is 639 g/mol. The van der Waals surface area contributed by atoms with Gasteiger partial charge >= 0.3 is 5.97 Å². The molecule has 262 valence electrons. The van der Waals surface area contributed by atoms with Gasteiger partial charge in [-0.2, -0.15) is 0 Å². The standard InChI is InChI=1S/C39H43FN4O6/c1-4-44(5-2)32-21-33-29(34(38(47)41-3)35(50-33)22-15-17-25(40)18-16-22)20-28(32)23-9-6-10-24(19-23)36(45)42-30-13-7-11-26(30)37(46)43-31-14-8-12-27(31)39(48)49/h6,9-10,15-21,26-27,30-31H,4-5,7-8,11-14H2,1-3H3,(H,41,47)(H,42,45)(H,43,46)(H,48,49). The molecule has 4 N–H and O–H groups in total. The highest BCUT2D eigenvalue weighted by Crippen LogP contribution is 2.41. The fourth-order valence-electron chi connectivity index (χ4n) is 7.59. The highest BCUT2D eigenvalue weighted by molar-refractivity contribution is 6.13. The van der Waals surface area contributed by atoms with Crippen LogP contribution in [0.4, 0.5) is 10.1 Å². The number of rotatable bonds is 11. The number of hydrogen-bond acceptors (Lipinski definition) is 6. The molecule has 2 aliphatic rings. The minimum Gasteiger partial charge on any atom is -0.481 e. The minimum atomic E-state index is -0.891. The molecule has 10 nitrogen and oxygen atoms in total. The van der Waals surface area contributed by atoms with Crippen LogP contribution < -0.4 is 20.9 Å². The van der Waals surface area contributed by atoms with Crippen LogP contribution in [0.25, 0.3) is 33.4 Å². The molecule has 0 saturated heterocycles. The second-order valence-electron chi connectivity index (χ2n) is 13.1. The molecule has 2 aliphatic carbocycles. The first-order valence-corrected chi connectivity index (χ1v) is 17.4. The number of carboxylic acids is 1. The Bertz CT molecular complexity index is 1920. The van der Waals surface area contributed by atoms with Crippen molar-refractivity contribution in [1.82, 2.24) is 16.0 Å². The molecule has 2 saturated carbocycles. The van der Waals surface area contributed by atoms with E-state index in [2.05, 4.69) is 20.9 Å². The quantitative estimate of drug-likeness (QED) is 0.144. The van der Waals surface area contributed by atoms with Crippen LogP contribution in [0.1, 0.15) is 73.1 Å². The number of hydrogen-bond donors (Lipinski definition) is 4. The number of aliphatic carboxylic acids is 1. The second kappa shape index (κ2) is 14.7. The van der Waals surface area contributed by atoms with E-state index >= 15 is 0 Å². The van der Waals surface area contributed by atoms with Gasteiger partial charge in [0.25, 0.3) is 11.8 Å². The van der Waals surface area contributed by atoms with Crippen LogP contribution in [0, 0.1) is 17.7 Å². The Labute approximate surface area is 290 Å². The topological polar surface area (TPSA) is 141 Å². The summed E-state index contributed by atoms with van der Waals surface area (Å²) in [6, 6.07) is 16.1. The summed E-state index contributed by atoms with van der Waals surface area (Å²) in [5.74, 6) is -2.84. The zero-order chi connectivity index (χ0) is 35.5. The molecule has 4 aromatic rings. The van der Waals surface area contributed by atoms with Crippen LogP contribution in [0.3, 0.4) is 0 Å². The maximum atomic E-state index is 13.8. The molecule has 0 bridgehead atoms. The Kier molecular flexibility index (Phi) is 10.2. The number of halogens is 1. The number of nitrogens with zero attached hydrogens (tertiary/aromatic N) is 1. The predicted octanol–water partition coefficient (Wildman–Crippen LogP) is 6.38. The van der Waals surface area contributed by atoms with E-state index in [4.69, 9.17) is 4.42 Å². The number of carboxylic acid groups (broad SMARTS) is 1. The van der Waals surface area contributed by atoms with E-state index in [9.17, 15) is 28.7 Å². The maximum Gasteiger partial charge on any atom is 0.308 e. The number of benzene rings is 3. The van der Waals surface area contributed by atoms with Crippen LogP contribution in [-0.2, 0) is 9.59 Å². The predicted molar refractivity (Wildman–Crippen MR) is 189 cm³/mol. The van der Waals surface area contributed by atoms with E-state index in [-0.39, 0.29) is 23.8 Å². The van der Waals surface area contributed by atoms with Crippen molar-refractivity contribution in [2.24, 2.45) is 11.8 Å². The average Bonchev–Trinajstić information content (AvgIpc) is 3.87. The summed E-state index contributed by atoms with van der Waals surface area (Å²) in [5, 5.41) is 18.9. The summed E-state index contributed by atoms with van der Waals surface area (Å²) in [4.78, 5) is 54.1. The molecule has 50 heavy (non-hydrogen) atoms. The zero-order valence-corrected chi connectivity index (χ0v) is 28.6. The summed E-state index contributed by atoms with van der Waals surface area (Å²) >= 11 is 0. The van der Waals surface area contributed by atoms with Crippen molar-refractivity contribution in [3.05, 3.63) is 77.6 Å². The number of amides is 3. The van der Waals surface area contributed by atoms with Gasteiger partial charge in [0.05, 0.1) is 17.4 Å². The van der Waals surface area contributed by atoms with Gasteiger partial charge in [0.15, 0.2) is 0 Å². The Balaban J connectivity index is 1.32. The highest BCUT2D eigenvalue weighted by Gasteiger charge is 2.39. The van der Waals surface area contributed by atoms with Crippen LogP contribution >= 0.6 is 0 Å². The molecule has 4 unspecified atom stereocenters. The fourth-order valence-corrected chi connectivity index (χ4v) is 7.59. The average molecular weight is 683 g/mol. The van der Waals surface area contributed by atoms with Crippen molar-refractivity contribution in [3.8, 4) is 22.5 Å². The molecule has 0 radical (unpaired) electrons. The summed E-state index contributed by atoms with van der Waals surface area (Å²) in [7, 11) is 1.54. The maximum absolute atomic E-state index is 13.8. The third kappa shape index (κ3) is 6.81. The van der Waals surface area contributed by atoms with Gasteiger partial charge in [-0.05, 0) is 87.6 Å². The van der Waals surface area contributed by atoms with Crippen LogP contribution in [0.2, 0.25) is 0 Å². The molecular formula is C39H43FN4O6. The molecule has 0 aliphatic heterocycles. The molecule has 1 heterocycles. The number of carbonyl (C=O) groups is 4. The third-order valence-electron chi connectivity index (χ3n) is 10.2. The van der Waals surface area contributed by atoms with Gasteiger partial charge in [-0.3, -0.25) is 19.2 Å². The number of carbonyl (C=O) groups excluding carboxylic acids is 3. The lowest BCUT2D eigenvalue weighted by molar-refractivity contribution is -0.142. The molecule has 3 amide bonds. The van der Waals surface area contributed by atoms with Crippen molar-refractivity contribution in [2.45, 2.75) is 64.5 Å². The van der Waals surface area contributed by atoms with Crippen molar-refractivity contribution in [3.63, 3.8) is 0 Å². The van der Waals surface area contributed by atoms with Crippen LogP contribution in [0.5, 0.6) is 0 Å². The molecule has 3 aromatic carbocycles. The van der Waals surface area contributed by atoms with Gasteiger partial charge in [-0.25, -0.2) is 4.39 Å². The molecule has 11 heteroatoms. The van der Waals surface area contributed by atoms with Gasteiger partial charge in [0, 0.05) is 66.1 Å². The molecule has 6 rings (SSSR count). The van der Waals surface area contributed by atoms with E-state index in [1.54, 1.807) is 25.2 Å². The van der Waals surface area contributed by atoms with E-state index in [1.165, 1.54) is 12.1 Å². The normalized spacial score (nSPS) is 20.1. The Morgan fingerprint density at radius 2 is 1.52 bits per heavy atom. The lowest BCUT2D eigenvalue weighted by atomic mass is 9.96. The Morgan fingerprint density at radius 1 is 0.840 bits per heavy atom. The smallest absolute Gasteiger partial charge is 0.308 e. The van der Waals surface area contributed by atoms with E-state index in [1.807, 2.05) is 44.2 Å². The molecule has 4 atom stereocenters. The third-order valence-corrected chi connectivity index (χ3v) is 10.2. The SMILES string of the molecule is CCN(CC)c1cc2oc(-c3ccc(F)cc3)c(C(=O)NC)c2cc1-c1cccc(C(=O)NC2CCCC2C(=O)NC2CCCC2C(=O)O)c1. The number of furan rings is 1. The molecule has 0 spiro atoms. The number of anilines is 1. The highest BCUT2D eigenvalue weighted by atomic mass is 19.1. The van der Waals surface area contributed by atoms with Crippen molar-refractivity contribution < 1.29 is 33.1 Å². The van der Waals surface area contributed by atoms with Gasteiger partial charge in [-0.15, -0.1) is 0 Å². The minimum absolute atomic E-state index is 0.205. The molecule has 1 aromatic heterocycles. The fraction of sp³-hybridized carbons (Fsp3) is 0.385. The lowest BCUT2D eigenvalue weighted by Gasteiger charge is -2.25. The number of fused-ring (bicyclic) bond motifs is 1. The van der Waals surface area contributed by atoms with Crippen molar-refractivity contribution in [2.75, 3.05) is 25.0 Å². The monoisotopic (exact) mass is 682 g/mol. The summed E-state index contributed by atoms with van der Waals surface area (Å²) in [5.41, 5.74) is 4.24. The van der Waals surface area contributed by atoms with Crippen LogP contribution in [-0.4, -0.2) is 61.0 Å². The van der Waals surface area contributed by atoms with E-state index < -0.39 is 29.7 Å². The summed E-state index contributed by atoms with van der Waals surface area (Å²) in [6.07, 6.45) is 3.99. The first kappa shape index (κ1) is 34.7. The van der Waals surface area contributed by atoms with E-state index in [0.717, 1.165) is 29.7 Å². The van der Waals surface area contributed by atoms with Gasteiger partial charge in [0.1, 0.15) is 17.2 Å². The first-order chi connectivity index (χ1) is 24.1. The zero-order valence-electron chi connectivity index (χ0n) is 28.6. The number of nitrogens with one attached hydrogen (secondary N) is 3. The van der Waals surface area contributed by atoms with Gasteiger partial charge in [-0.1, -0.05) is 25.0 Å². The lowest BCUT2D eigenvalue weighted by Crippen LogP contribution is -2.48.